The normalized spacial score (nSPS) is 6.43. The quantitative estimate of drug-likeness (QED) is 0.361. The largest absolute Gasteiger partial charge is 0.512 e. The van der Waals surface area contributed by atoms with Crippen LogP contribution in [0.2, 0.25) is 0 Å². The lowest BCUT2D eigenvalue weighted by atomic mass is 10.2. The SMILES string of the molecule is C=CC(C)C.[C-]#N. The second kappa shape index (κ2) is 8.97. The number of hydrogen-bond acceptors (Lipinski definition) is 1. The molecule has 0 fully saturated rings. The van der Waals surface area contributed by atoms with Gasteiger partial charge in [0.2, 0.25) is 0 Å². The maximum Gasteiger partial charge on any atom is -0.0293 e. The maximum atomic E-state index is 6.25. The molecule has 0 unspecified atom stereocenters. The van der Waals surface area contributed by atoms with Crippen LogP contribution in [0.4, 0.5) is 0 Å². The topological polar surface area (TPSA) is 23.8 Å². The number of nitrogens with zero attached hydrogens (tertiary/aromatic N) is 1. The molecule has 1 nitrogen and oxygen atoms in total. The van der Waals surface area contributed by atoms with Crippen molar-refractivity contribution in [3.05, 3.63) is 19.2 Å². The fourth-order valence-electron chi connectivity index (χ4n) is 0. The number of hydrogen-bond donors (Lipinski definition) is 0. The number of allylic oxidation sites excluding steroid dienone is 1. The molecule has 0 N–H and O–H groups in total. The van der Waals surface area contributed by atoms with Gasteiger partial charge >= 0.3 is 0 Å². The summed E-state index contributed by atoms with van der Waals surface area (Å²) in [6.07, 6.45) is 1.92. The van der Waals surface area contributed by atoms with Crippen molar-refractivity contribution in [3.63, 3.8) is 0 Å². The van der Waals surface area contributed by atoms with E-state index in [4.69, 9.17) is 11.8 Å². The van der Waals surface area contributed by atoms with Gasteiger partial charge in [-0.15, -0.1) is 6.58 Å². The Kier molecular flexibility index (Phi) is 12.2. The van der Waals surface area contributed by atoms with E-state index in [0.717, 1.165) is 0 Å². The zero-order valence-electron chi connectivity index (χ0n) is 4.81. The lowest BCUT2D eigenvalue weighted by Crippen LogP contribution is -1.71. The van der Waals surface area contributed by atoms with Crippen LogP contribution in [0.15, 0.2) is 12.7 Å². The summed E-state index contributed by atoms with van der Waals surface area (Å²) in [4.78, 5) is 0. The highest BCUT2D eigenvalue weighted by Crippen LogP contribution is 1.87. The monoisotopic (exact) mass is 96.1 g/mol. The molecule has 0 aromatic carbocycles. The summed E-state index contributed by atoms with van der Waals surface area (Å²) in [6.45, 7) is 12.5. The average Bonchev–Trinajstić information content (AvgIpc) is 1.73. The van der Waals surface area contributed by atoms with Crippen LogP contribution in [0.25, 0.3) is 0 Å². The zero-order valence-corrected chi connectivity index (χ0v) is 4.81. The molecule has 0 saturated heterocycles. The van der Waals surface area contributed by atoms with Crippen molar-refractivity contribution in [1.29, 1.82) is 5.26 Å². The van der Waals surface area contributed by atoms with Crippen LogP contribution in [0.1, 0.15) is 13.8 Å². The molecule has 0 aromatic rings. The van der Waals surface area contributed by atoms with Crippen LogP contribution in [-0.4, -0.2) is 0 Å². The third-order valence-electron chi connectivity index (χ3n) is 0.471. The first kappa shape index (κ1) is 9.52. The van der Waals surface area contributed by atoms with Crippen molar-refractivity contribution in [2.75, 3.05) is 0 Å². The second-order valence-corrected chi connectivity index (χ2v) is 1.48. The fraction of sp³-hybridized carbons (Fsp3) is 0.500. The van der Waals surface area contributed by atoms with Crippen molar-refractivity contribution in [1.82, 2.24) is 0 Å². The summed E-state index contributed by atoms with van der Waals surface area (Å²) in [6, 6.07) is 0. The lowest BCUT2D eigenvalue weighted by molar-refractivity contribution is 0.835. The zero-order chi connectivity index (χ0) is 6.28. The molecule has 0 aliphatic heterocycles. The van der Waals surface area contributed by atoms with Gasteiger partial charge in [0.25, 0.3) is 0 Å². The molecule has 7 heavy (non-hydrogen) atoms. The molecule has 0 bridgehead atoms. The molecule has 0 rings (SSSR count). The molecule has 0 spiro atoms. The van der Waals surface area contributed by atoms with Gasteiger partial charge in [0.1, 0.15) is 0 Å². The molecule has 0 amide bonds. The summed E-state index contributed by atoms with van der Waals surface area (Å²) < 4.78 is 0. The Bertz CT molecular complexity index is 52.4. The van der Waals surface area contributed by atoms with Gasteiger partial charge in [-0.2, -0.15) is 0 Å². The first-order chi connectivity index (χ1) is 3.27. The Hall–Kier alpha value is -0.770. The second-order valence-electron chi connectivity index (χ2n) is 1.48. The Balaban J connectivity index is 0. The molecule has 0 heterocycles. The van der Waals surface area contributed by atoms with Crippen LogP contribution in [0.3, 0.4) is 0 Å². The minimum absolute atomic E-state index is 0.648. The van der Waals surface area contributed by atoms with Crippen molar-refractivity contribution < 1.29 is 0 Å². The van der Waals surface area contributed by atoms with Gasteiger partial charge in [-0.3, -0.25) is 0 Å². The summed E-state index contributed by atoms with van der Waals surface area (Å²) in [5.41, 5.74) is 0. The van der Waals surface area contributed by atoms with Crippen LogP contribution < -0.4 is 0 Å². The predicted molar refractivity (Wildman–Crippen MR) is 30.0 cm³/mol. The van der Waals surface area contributed by atoms with E-state index in [1.54, 1.807) is 0 Å². The van der Waals surface area contributed by atoms with E-state index in [1.165, 1.54) is 0 Å². The third kappa shape index (κ3) is 36.1. The van der Waals surface area contributed by atoms with E-state index in [2.05, 4.69) is 20.4 Å². The fourth-order valence-corrected chi connectivity index (χ4v) is 0. The van der Waals surface area contributed by atoms with Gasteiger partial charge in [0, 0.05) is 0 Å². The van der Waals surface area contributed by atoms with Gasteiger partial charge in [0.05, 0.1) is 0 Å². The van der Waals surface area contributed by atoms with E-state index in [1.807, 2.05) is 6.08 Å². The molecule has 0 radical (unpaired) electrons. The highest BCUT2D eigenvalue weighted by atomic mass is 14.2. The number of rotatable bonds is 1. The first-order valence-electron chi connectivity index (χ1n) is 2.12. The minimum atomic E-state index is 0.648. The van der Waals surface area contributed by atoms with E-state index in [-0.39, 0.29) is 0 Å². The van der Waals surface area contributed by atoms with Crippen LogP contribution >= 0.6 is 0 Å². The summed E-state index contributed by atoms with van der Waals surface area (Å²) in [7, 11) is 0. The Morgan fingerprint density at radius 2 is 1.71 bits per heavy atom. The van der Waals surface area contributed by atoms with Gasteiger partial charge in [-0.1, -0.05) is 19.9 Å². The highest BCUT2D eigenvalue weighted by molar-refractivity contribution is 4.69. The van der Waals surface area contributed by atoms with E-state index < -0.39 is 0 Å². The first-order valence-corrected chi connectivity index (χ1v) is 2.12. The average molecular weight is 96.2 g/mol. The van der Waals surface area contributed by atoms with Gasteiger partial charge in [0.15, 0.2) is 0 Å². The van der Waals surface area contributed by atoms with E-state index >= 15 is 0 Å². The molecule has 0 saturated carbocycles. The molecular formula is C6H10N-. The molecular weight excluding hydrogens is 86.1 g/mol. The van der Waals surface area contributed by atoms with E-state index in [0.29, 0.717) is 5.92 Å². The maximum absolute atomic E-state index is 6.25. The third-order valence-corrected chi connectivity index (χ3v) is 0.471. The van der Waals surface area contributed by atoms with E-state index in [9.17, 15) is 0 Å². The molecule has 0 aromatic heterocycles. The van der Waals surface area contributed by atoms with Crippen LogP contribution in [0, 0.1) is 17.8 Å². The van der Waals surface area contributed by atoms with Crippen molar-refractivity contribution in [2.45, 2.75) is 13.8 Å². The van der Waals surface area contributed by atoms with Crippen molar-refractivity contribution in [3.8, 4) is 0 Å². The molecule has 0 atom stereocenters. The standard InChI is InChI=1S/C5H10.CN/c1-4-5(2)3;1-2/h4-5H,1H2,2-3H3;/q;-1. The van der Waals surface area contributed by atoms with Gasteiger partial charge in [-0.05, 0) is 5.92 Å². The summed E-state index contributed by atoms with van der Waals surface area (Å²) in [5, 5.41) is 6.25. The molecule has 40 valence electrons. The predicted octanol–water partition coefficient (Wildman–Crippen LogP) is 1.92. The lowest BCUT2D eigenvalue weighted by Gasteiger charge is -1.84. The molecule has 0 aliphatic rings. The van der Waals surface area contributed by atoms with Crippen molar-refractivity contribution >= 4 is 0 Å². The summed E-state index contributed by atoms with van der Waals surface area (Å²) in [5.74, 6) is 0.648. The van der Waals surface area contributed by atoms with Gasteiger partial charge in [-0.25, -0.2) is 0 Å². The molecule has 0 aliphatic carbocycles. The molecule has 1 heteroatoms. The highest BCUT2D eigenvalue weighted by Gasteiger charge is 1.73. The van der Waals surface area contributed by atoms with Crippen LogP contribution in [0.5, 0.6) is 0 Å². The Morgan fingerprint density at radius 1 is 1.57 bits per heavy atom. The van der Waals surface area contributed by atoms with Crippen molar-refractivity contribution in [2.24, 2.45) is 5.92 Å². The Morgan fingerprint density at radius 3 is 1.71 bits per heavy atom. The minimum Gasteiger partial charge on any atom is -0.512 e. The smallest absolute Gasteiger partial charge is 0.0293 e. The Labute approximate surface area is 45.3 Å². The van der Waals surface area contributed by atoms with Crippen LogP contribution in [-0.2, 0) is 0 Å². The van der Waals surface area contributed by atoms with Gasteiger partial charge < -0.3 is 11.8 Å². The summed E-state index contributed by atoms with van der Waals surface area (Å²) >= 11 is 0.